The maximum atomic E-state index is 12.5. The number of hydrogen-bond acceptors (Lipinski definition) is 2. The Morgan fingerprint density at radius 2 is 2.22 bits per heavy atom. The largest absolute Gasteiger partial charge is 0.383 e. The summed E-state index contributed by atoms with van der Waals surface area (Å²) in [4.78, 5) is 14.5. The molecule has 3 nitrogen and oxygen atoms in total. The lowest BCUT2D eigenvalue weighted by Crippen LogP contribution is -2.36. The van der Waals surface area contributed by atoms with Gasteiger partial charge in [0.1, 0.15) is 0 Å². The first-order valence-corrected chi connectivity index (χ1v) is 6.99. The third-order valence-corrected chi connectivity index (χ3v) is 4.26. The topological polar surface area (TPSA) is 29.5 Å². The standard InChI is InChI=1S/C14H18BrNO2/c1-10-4-3-5-12(13(10)15)14(17)16(8-9-18-2)11-6-7-11/h3-5,11H,6-9H2,1-2H3. The Balaban J connectivity index is 2.19. The van der Waals surface area contributed by atoms with Crippen LogP contribution in [0.3, 0.4) is 0 Å². The minimum Gasteiger partial charge on any atom is -0.383 e. The fraction of sp³-hybridized carbons (Fsp3) is 0.500. The summed E-state index contributed by atoms with van der Waals surface area (Å²) < 4.78 is 5.99. The van der Waals surface area contributed by atoms with E-state index in [-0.39, 0.29) is 5.91 Å². The van der Waals surface area contributed by atoms with Gasteiger partial charge in [-0.25, -0.2) is 0 Å². The normalized spacial score (nSPS) is 14.6. The molecule has 4 heteroatoms. The number of carbonyl (C=O) groups excluding carboxylic acids is 1. The molecule has 0 spiro atoms. The van der Waals surface area contributed by atoms with Crippen LogP contribution >= 0.6 is 15.9 Å². The first-order chi connectivity index (χ1) is 8.65. The van der Waals surface area contributed by atoms with Crippen molar-refractivity contribution in [1.82, 2.24) is 4.90 Å². The molecule has 18 heavy (non-hydrogen) atoms. The van der Waals surface area contributed by atoms with Gasteiger partial charge in [0.05, 0.1) is 12.2 Å². The summed E-state index contributed by atoms with van der Waals surface area (Å²) in [5, 5.41) is 0. The van der Waals surface area contributed by atoms with Crippen LogP contribution in [0, 0.1) is 6.92 Å². The Hall–Kier alpha value is -0.870. The smallest absolute Gasteiger partial charge is 0.255 e. The van der Waals surface area contributed by atoms with Gasteiger partial charge in [-0.3, -0.25) is 4.79 Å². The number of aryl methyl sites for hydroxylation is 1. The number of amides is 1. The molecule has 2 rings (SSSR count). The van der Waals surface area contributed by atoms with Crippen molar-refractivity contribution in [3.8, 4) is 0 Å². The van der Waals surface area contributed by atoms with Crippen molar-refractivity contribution in [1.29, 1.82) is 0 Å². The summed E-state index contributed by atoms with van der Waals surface area (Å²) in [5.74, 6) is 0.102. The van der Waals surface area contributed by atoms with Crippen LogP contribution in [0.1, 0.15) is 28.8 Å². The van der Waals surface area contributed by atoms with Gasteiger partial charge in [-0.1, -0.05) is 12.1 Å². The highest BCUT2D eigenvalue weighted by Gasteiger charge is 2.33. The van der Waals surface area contributed by atoms with Crippen LogP contribution in [0.15, 0.2) is 22.7 Å². The zero-order chi connectivity index (χ0) is 13.1. The van der Waals surface area contributed by atoms with Crippen molar-refractivity contribution < 1.29 is 9.53 Å². The summed E-state index contributed by atoms with van der Waals surface area (Å²) in [6.07, 6.45) is 2.22. The van der Waals surface area contributed by atoms with Crippen molar-refractivity contribution in [2.24, 2.45) is 0 Å². The molecule has 0 aliphatic heterocycles. The highest BCUT2D eigenvalue weighted by Crippen LogP contribution is 2.30. The minimum absolute atomic E-state index is 0.102. The molecule has 1 aromatic carbocycles. The SMILES string of the molecule is COCCN(C(=O)c1cccc(C)c1Br)C1CC1. The molecular weight excluding hydrogens is 294 g/mol. The molecule has 1 saturated carbocycles. The third-order valence-electron chi connectivity index (χ3n) is 3.21. The first kappa shape index (κ1) is 13.6. The van der Waals surface area contributed by atoms with Crippen molar-refractivity contribution in [3.63, 3.8) is 0 Å². The van der Waals surface area contributed by atoms with Crippen molar-refractivity contribution >= 4 is 21.8 Å². The number of ether oxygens (including phenoxy) is 1. The summed E-state index contributed by atoms with van der Waals surface area (Å²) in [7, 11) is 1.66. The molecule has 1 amide bonds. The second-order valence-corrected chi connectivity index (χ2v) is 5.45. The third kappa shape index (κ3) is 2.93. The zero-order valence-corrected chi connectivity index (χ0v) is 12.4. The summed E-state index contributed by atoms with van der Waals surface area (Å²) in [6.45, 7) is 3.25. The molecular formula is C14H18BrNO2. The van der Waals surface area contributed by atoms with Gasteiger partial charge in [0, 0.05) is 24.2 Å². The highest BCUT2D eigenvalue weighted by atomic mass is 79.9. The molecule has 0 radical (unpaired) electrons. The molecule has 1 aliphatic carbocycles. The number of carbonyl (C=O) groups is 1. The molecule has 1 aromatic rings. The molecule has 0 atom stereocenters. The second-order valence-electron chi connectivity index (χ2n) is 4.66. The van der Waals surface area contributed by atoms with E-state index in [1.54, 1.807) is 7.11 Å². The maximum absolute atomic E-state index is 12.5. The summed E-state index contributed by atoms with van der Waals surface area (Å²) in [5.41, 5.74) is 1.83. The number of rotatable bonds is 5. The Kier molecular flexibility index (Phi) is 4.40. The van der Waals surface area contributed by atoms with Crippen LogP contribution in [0.5, 0.6) is 0 Å². The first-order valence-electron chi connectivity index (χ1n) is 6.20. The molecule has 98 valence electrons. The predicted molar refractivity (Wildman–Crippen MR) is 74.8 cm³/mol. The van der Waals surface area contributed by atoms with Gasteiger partial charge in [-0.15, -0.1) is 0 Å². The Bertz CT molecular complexity index is 443. The lowest BCUT2D eigenvalue weighted by Gasteiger charge is -2.23. The quantitative estimate of drug-likeness (QED) is 0.836. The molecule has 0 bridgehead atoms. The van der Waals surface area contributed by atoms with E-state index < -0.39 is 0 Å². The van der Waals surface area contributed by atoms with Crippen molar-refractivity contribution in [3.05, 3.63) is 33.8 Å². The summed E-state index contributed by atoms with van der Waals surface area (Å²) in [6, 6.07) is 6.20. The lowest BCUT2D eigenvalue weighted by molar-refractivity contribution is 0.0679. The van der Waals surface area contributed by atoms with Crippen molar-refractivity contribution in [2.75, 3.05) is 20.3 Å². The van der Waals surface area contributed by atoms with Gasteiger partial charge in [0.15, 0.2) is 0 Å². The highest BCUT2D eigenvalue weighted by molar-refractivity contribution is 9.10. The molecule has 0 saturated heterocycles. The molecule has 1 fully saturated rings. The predicted octanol–water partition coefficient (Wildman–Crippen LogP) is 3.01. The van der Waals surface area contributed by atoms with E-state index >= 15 is 0 Å². The van der Waals surface area contributed by atoms with E-state index in [1.165, 1.54) is 0 Å². The Morgan fingerprint density at radius 3 is 2.83 bits per heavy atom. The molecule has 0 N–H and O–H groups in total. The van der Waals surface area contributed by atoms with Crippen LogP contribution in [0.4, 0.5) is 0 Å². The van der Waals surface area contributed by atoms with E-state index in [0.717, 1.165) is 28.4 Å². The zero-order valence-electron chi connectivity index (χ0n) is 10.8. The molecule has 1 aliphatic rings. The van der Waals surface area contributed by atoms with Gasteiger partial charge in [0.25, 0.3) is 5.91 Å². The fourth-order valence-corrected chi connectivity index (χ4v) is 2.43. The number of methoxy groups -OCH3 is 1. The van der Waals surface area contributed by atoms with Gasteiger partial charge in [0.2, 0.25) is 0 Å². The van der Waals surface area contributed by atoms with E-state index in [1.807, 2.05) is 30.0 Å². The van der Waals surface area contributed by atoms with Crippen LogP contribution < -0.4 is 0 Å². The van der Waals surface area contributed by atoms with Crippen LogP contribution in [0.2, 0.25) is 0 Å². The number of nitrogens with zero attached hydrogens (tertiary/aromatic N) is 1. The average molecular weight is 312 g/mol. The second kappa shape index (κ2) is 5.85. The Labute approximate surface area is 116 Å². The van der Waals surface area contributed by atoms with E-state index in [9.17, 15) is 4.79 Å². The van der Waals surface area contributed by atoms with E-state index in [0.29, 0.717) is 19.2 Å². The average Bonchev–Trinajstić information content (AvgIpc) is 3.17. The number of halogens is 1. The van der Waals surface area contributed by atoms with E-state index in [2.05, 4.69) is 15.9 Å². The maximum Gasteiger partial charge on any atom is 0.255 e. The molecule has 0 heterocycles. The lowest BCUT2D eigenvalue weighted by atomic mass is 10.1. The monoisotopic (exact) mass is 311 g/mol. The molecule has 0 aromatic heterocycles. The summed E-state index contributed by atoms with van der Waals surface area (Å²) >= 11 is 3.51. The van der Waals surface area contributed by atoms with Gasteiger partial charge < -0.3 is 9.64 Å². The van der Waals surface area contributed by atoms with Crippen molar-refractivity contribution in [2.45, 2.75) is 25.8 Å². The minimum atomic E-state index is 0.102. The van der Waals surface area contributed by atoms with Gasteiger partial charge in [-0.2, -0.15) is 0 Å². The number of hydrogen-bond donors (Lipinski definition) is 0. The number of benzene rings is 1. The van der Waals surface area contributed by atoms with Crippen LogP contribution in [-0.2, 0) is 4.74 Å². The Morgan fingerprint density at radius 1 is 1.50 bits per heavy atom. The van der Waals surface area contributed by atoms with Gasteiger partial charge in [-0.05, 0) is 47.3 Å². The fourth-order valence-electron chi connectivity index (χ4n) is 1.99. The van der Waals surface area contributed by atoms with Gasteiger partial charge >= 0.3 is 0 Å². The van der Waals surface area contributed by atoms with Crippen LogP contribution in [-0.4, -0.2) is 37.1 Å². The van der Waals surface area contributed by atoms with Crippen LogP contribution in [0.25, 0.3) is 0 Å². The van der Waals surface area contributed by atoms with E-state index in [4.69, 9.17) is 4.74 Å². The molecule has 0 unspecified atom stereocenters.